The van der Waals surface area contributed by atoms with Gasteiger partial charge in [0.05, 0.1) is 4.92 Å². The van der Waals surface area contributed by atoms with E-state index in [0.29, 0.717) is 17.2 Å². The highest BCUT2D eigenvalue weighted by molar-refractivity contribution is 5.58. The third-order valence-corrected chi connectivity index (χ3v) is 3.70. The molecule has 2 aromatic carbocycles. The first kappa shape index (κ1) is 15.7. The van der Waals surface area contributed by atoms with Crippen LogP contribution in [0.5, 0.6) is 5.75 Å². The van der Waals surface area contributed by atoms with Gasteiger partial charge in [-0.05, 0) is 37.1 Å². The minimum absolute atomic E-state index is 0.00484. The minimum Gasteiger partial charge on any atom is -0.486 e. The molecule has 0 spiro atoms. The lowest BCUT2D eigenvalue weighted by Gasteiger charge is -2.06. The number of nitro benzene ring substituents is 1. The van der Waals surface area contributed by atoms with Gasteiger partial charge in [0.2, 0.25) is 0 Å². The zero-order valence-electron chi connectivity index (χ0n) is 13.3. The Morgan fingerprint density at radius 1 is 1.17 bits per heavy atom. The molecule has 7 heteroatoms. The molecule has 0 fully saturated rings. The SMILES string of the molecule is Cc1ccc(OCc2nc(-c3cccc([N+](=O)[O-])c3)n[nH]2)cc1C. The number of aromatic nitrogens is 3. The van der Waals surface area contributed by atoms with Crippen molar-refractivity contribution in [1.29, 1.82) is 0 Å². The summed E-state index contributed by atoms with van der Waals surface area (Å²) in [6, 6.07) is 12.1. The van der Waals surface area contributed by atoms with Crippen LogP contribution < -0.4 is 4.74 Å². The molecular weight excluding hydrogens is 308 g/mol. The summed E-state index contributed by atoms with van der Waals surface area (Å²) in [5, 5.41) is 17.7. The molecule has 0 amide bonds. The van der Waals surface area contributed by atoms with Crippen LogP contribution in [0.3, 0.4) is 0 Å². The molecule has 1 N–H and O–H groups in total. The molecule has 24 heavy (non-hydrogen) atoms. The van der Waals surface area contributed by atoms with Crippen molar-refractivity contribution in [3.05, 3.63) is 69.5 Å². The molecule has 0 bridgehead atoms. The van der Waals surface area contributed by atoms with Gasteiger partial charge >= 0.3 is 0 Å². The molecule has 1 aromatic heterocycles. The first-order valence-corrected chi connectivity index (χ1v) is 7.39. The Morgan fingerprint density at radius 3 is 2.75 bits per heavy atom. The van der Waals surface area contributed by atoms with Crippen molar-refractivity contribution in [3.63, 3.8) is 0 Å². The number of aryl methyl sites for hydroxylation is 2. The van der Waals surface area contributed by atoms with Crippen LogP contribution in [0.2, 0.25) is 0 Å². The lowest BCUT2D eigenvalue weighted by molar-refractivity contribution is -0.384. The number of rotatable bonds is 5. The van der Waals surface area contributed by atoms with Crippen molar-refractivity contribution in [2.45, 2.75) is 20.5 Å². The van der Waals surface area contributed by atoms with Crippen LogP contribution in [0.4, 0.5) is 5.69 Å². The lowest BCUT2D eigenvalue weighted by Crippen LogP contribution is -1.98. The van der Waals surface area contributed by atoms with Crippen LogP contribution in [-0.2, 0) is 6.61 Å². The number of benzene rings is 2. The van der Waals surface area contributed by atoms with Crippen molar-refractivity contribution in [2.24, 2.45) is 0 Å². The van der Waals surface area contributed by atoms with E-state index in [1.54, 1.807) is 12.1 Å². The number of non-ortho nitro benzene ring substituents is 1. The highest BCUT2D eigenvalue weighted by atomic mass is 16.6. The largest absolute Gasteiger partial charge is 0.486 e. The quantitative estimate of drug-likeness (QED) is 0.572. The van der Waals surface area contributed by atoms with Crippen LogP contribution in [-0.4, -0.2) is 20.1 Å². The van der Waals surface area contributed by atoms with E-state index in [4.69, 9.17) is 4.74 Å². The van der Waals surface area contributed by atoms with Gasteiger partial charge in [-0.1, -0.05) is 18.2 Å². The number of nitrogens with one attached hydrogen (secondary N) is 1. The van der Waals surface area contributed by atoms with E-state index in [1.807, 2.05) is 32.0 Å². The van der Waals surface area contributed by atoms with Crippen molar-refractivity contribution >= 4 is 5.69 Å². The zero-order valence-corrected chi connectivity index (χ0v) is 13.3. The summed E-state index contributed by atoms with van der Waals surface area (Å²) in [4.78, 5) is 14.7. The van der Waals surface area contributed by atoms with Crippen molar-refractivity contribution in [1.82, 2.24) is 15.2 Å². The summed E-state index contributed by atoms with van der Waals surface area (Å²) in [6.45, 7) is 4.31. The molecule has 0 aliphatic rings. The smallest absolute Gasteiger partial charge is 0.270 e. The maximum atomic E-state index is 10.8. The average Bonchev–Trinajstić information content (AvgIpc) is 3.05. The van der Waals surface area contributed by atoms with Crippen molar-refractivity contribution in [3.8, 4) is 17.1 Å². The Bertz CT molecular complexity index is 889. The van der Waals surface area contributed by atoms with Gasteiger partial charge < -0.3 is 4.74 Å². The molecule has 0 aliphatic carbocycles. The Kier molecular flexibility index (Phi) is 4.24. The van der Waals surface area contributed by atoms with Crippen LogP contribution in [0.15, 0.2) is 42.5 Å². The molecule has 0 atom stereocenters. The average molecular weight is 324 g/mol. The number of hydrogen-bond acceptors (Lipinski definition) is 5. The van der Waals surface area contributed by atoms with E-state index >= 15 is 0 Å². The van der Waals surface area contributed by atoms with E-state index in [1.165, 1.54) is 17.7 Å². The first-order chi connectivity index (χ1) is 11.5. The Labute approximate surface area is 138 Å². The fourth-order valence-electron chi connectivity index (χ4n) is 2.20. The molecular formula is C17H16N4O3. The molecule has 0 radical (unpaired) electrons. The second kappa shape index (κ2) is 6.49. The van der Waals surface area contributed by atoms with Gasteiger partial charge in [-0.15, -0.1) is 0 Å². The third kappa shape index (κ3) is 3.40. The summed E-state index contributed by atoms with van der Waals surface area (Å²) in [5.74, 6) is 1.71. The van der Waals surface area contributed by atoms with Gasteiger partial charge in [0.25, 0.3) is 5.69 Å². The summed E-state index contributed by atoms with van der Waals surface area (Å²) in [7, 11) is 0. The third-order valence-electron chi connectivity index (χ3n) is 3.70. The predicted octanol–water partition coefficient (Wildman–Crippen LogP) is 3.58. The van der Waals surface area contributed by atoms with Crippen LogP contribution in [0.25, 0.3) is 11.4 Å². The van der Waals surface area contributed by atoms with Gasteiger partial charge in [0.1, 0.15) is 12.4 Å². The number of ether oxygens (including phenoxy) is 1. The van der Waals surface area contributed by atoms with Gasteiger partial charge in [-0.25, -0.2) is 4.98 Å². The van der Waals surface area contributed by atoms with Gasteiger partial charge in [0, 0.05) is 17.7 Å². The van der Waals surface area contributed by atoms with Crippen LogP contribution in [0.1, 0.15) is 17.0 Å². The van der Waals surface area contributed by atoms with E-state index in [9.17, 15) is 10.1 Å². The molecule has 1 heterocycles. The monoisotopic (exact) mass is 324 g/mol. The number of aromatic amines is 1. The molecule has 0 saturated heterocycles. The molecule has 3 aromatic rings. The predicted molar refractivity (Wildman–Crippen MR) is 88.7 cm³/mol. The van der Waals surface area contributed by atoms with E-state index < -0.39 is 4.92 Å². The Balaban J connectivity index is 1.72. The Morgan fingerprint density at radius 2 is 2.00 bits per heavy atom. The Hall–Kier alpha value is -3.22. The maximum absolute atomic E-state index is 10.8. The highest BCUT2D eigenvalue weighted by Crippen LogP contribution is 2.21. The summed E-state index contributed by atoms with van der Waals surface area (Å²) in [5.41, 5.74) is 2.94. The summed E-state index contributed by atoms with van der Waals surface area (Å²) < 4.78 is 5.70. The highest BCUT2D eigenvalue weighted by Gasteiger charge is 2.11. The van der Waals surface area contributed by atoms with E-state index in [0.717, 1.165) is 11.3 Å². The van der Waals surface area contributed by atoms with E-state index in [2.05, 4.69) is 15.2 Å². The van der Waals surface area contributed by atoms with Crippen LogP contribution >= 0.6 is 0 Å². The molecule has 7 nitrogen and oxygen atoms in total. The normalized spacial score (nSPS) is 10.6. The van der Waals surface area contributed by atoms with Crippen LogP contribution in [0, 0.1) is 24.0 Å². The number of nitrogens with zero attached hydrogens (tertiary/aromatic N) is 3. The summed E-state index contributed by atoms with van der Waals surface area (Å²) >= 11 is 0. The van der Waals surface area contributed by atoms with Crippen molar-refractivity contribution < 1.29 is 9.66 Å². The van der Waals surface area contributed by atoms with Gasteiger partial charge in [-0.2, -0.15) is 5.10 Å². The number of hydrogen-bond donors (Lipinski definition) is 1. The minimum atomic E-state index is -0.445. The van der Waals surface area contributed by atoms with Gasteiger partial charge in [0.15, 0.2) is 11.6 Å². The number of nitro groups is 1. The lowest BCUT2D eigenvalue weighted by atomic mass is 10.1. The van der Waals surface area contributed by atoms with Crippen molar-refractivity contribution in [2.75, 3.05) is 0 Å². The topological polar surface area (TPSA) is 93.9 Å². The number of H-pyrrole nitrogens is 1. The standard InChI is InChI=1S/C17H16N4O3/c1-11-6-7-15(8-12(11)2)24-10-16-18-17(20-19-16)13-4-3-5-14(9-13)21(22)23/h3-9H,10H2,1-2H3,(H,18,19,20). The molecule has 0 aliphatic heterocycles. The fourth-order valence-corrected chi connectivity index (χ4v) is 2.20. The molecule has 0 saturated carbocycles. The molecule has 3 rings (SSSR count). The second-order valence-corrected chi connectivity index (χ2v) is 5.45. The second-order valence-electron chi connectivity index (χ2n) is 5.45. The maximum Gasteiger partial charge on any atom is 0.270 e. The zero-order chi connectivity index (χ0) is 17.1. The molecule has 0 unspecified atom stereocenters. The first-order valence-electron chi connectivity index (χ1n) is 7.39. The fraction of sp³-hybridized carbons (Fsp3) is 0.176. The van der Waals surface area contributed by atoms with Gasteiger partial charge in [-0.3, -0.25) is 15.2 Å². The molecule has 122 valence electrons. The van der Waals surface area contributed by atoms with E-state index in [-0.39, 0.29) is 12.3 Å². The summed E-state index contributed by atoms with van der Waals surface area (Å²) in [6.07, 6.45) is 0.